The molecule has 2 amide bonds. The minimum Gasteiger partial charge on any atom is -0.484 e. The van der Waals surface area contributed by atoms with Gasteiger partial charge in [0.05, 0.1) is 10.0 Å². The zero-order valence-electron chi connectivity index (χ0n) is 16.6. The smallest absolute Gasteiger partial charge is 0.267 e. The molecule has 0 atom stereocenters. The van der Waals surface area contributed by atoms with Crippen molar-refractivity contribution in [3.63, 3.8) is 0 Å². The number of ether oxygens (including phenoxy) is 1. The normalized spacial score (nSPS) is 10.6. The van der Waals surface area contributed by atoms with Gasteiger partial charge in [-0.1, -0.05) is 41.4 Å². The van der Waals surface area contributed by atoms with Crippen molar-refractivity contribution in [2.45, 2.75) is 6.42 Å². The maximum absolute atomic E-state index is 12.4. The number of pyridine rings is 1. The summed E-state index contributed by atoms with van der Waals surface area (Å²) >= 11 is 17.6. The van der Waals surface area contributed by atoms with Gasteiger partial charge in [-0.15, -0.1) is 0 Å². The molecule has 166 valence electrons. The van der Waals surface area contributed by atoms with Crippen LogP contribution in [0.2, 0.25) is 15.1 Å². The summed E-state index contributed by atoms with van der Waals surface area (Å²) in [4.78, 5) is 39.5. The molecule has 0 aliphatic carbocycles. The third kappa shape index (κ3) is 6.26. The Hall–Kier alpha value is -3.00. The molecule has 1 heterocycles. The lowest BCUT2D eigenvalue weighted by Gasteiger charge is -2.11. The quantitative estimate of drug-likeness (QED) is 0.434. The van der Waals surface area contributed by atoms with Crippen molar-refractivity contribution in [3.05, 3.63) is 85.7 Å². The average Bonchev–Trinajstić information content (AvgIpc) is 2.74. The van der Waals surface area contributed by atoms with E-state index in [2.05, 4.69) is 22.2 Å². The Morgan fingerprint density at radius 3 is 2.56 bits per heavy atom. The lowest BCUT2D eigenvalue weighted by Crippen LogP contribution is -2.31. The summed E-state index contributed by atoms with van der Waals surface area (Å²) in [5.41, 5.74) is 0.708. The molecule has 7 nitrogen and oxygen atoms in total. The summed E-state index contributed by atoms with van der Waals surface area (Å²) < 4.78 is 5.35. The van der Waals surface area contributed by atoms with Gasteiger partial charge in [0.1, 0.15) is 11.4 Å². The SMILES string of the molecule is C=C(CCNC(=O)c1cc(=O)c2cc(Cl)ccc2[nH]1)NC(=O)COc1ccc(Cl)c(Cl)c1. The molecule has 3 aromatic rings. The molecule has 0 aliphatic heterocycles. The van der Waals surface area contributed by atoms with E-state index in [1.165, 1.54) is 18.2 Å². The van der Waals surface area contributed by atoms with Crippen molar-refractivity contribution in [1.82, 2.24) is 15.6 Å². The van der Waals surface area contributed by atoms with Gasteiger partial charge in [0.2, 0.25) is 0 Å². The Bertz CT molecular complexity index is 1260. The Morgan fingerprint density at radius 2 is 1.81 bits per heavy atom. The molecule has 0 unspecified atom stereocenters. The van der Waals surface area contributed by atoms with E-state index in [1.807, 2.05) is 0 Å². The molecule has 1 aromatic heterocycles. The van der Waals surface area contributed by atoms with Crippen LogP contribution in [-0.2, 0) is 4.79 Å². The molecular formula is C22H18Cl3N3O4. The number of amides is 2. The molecule has 0 radical (unpaired) electrons. The van der Waals surface area contributed by atoms with Crippen LogP contribution in [0.5, 0.6) is 5.75 Å². The first-order valence-electron chi connectivity index (χ1n) is 9.39. The fourth-order valence-electron chi connectivity index (χ4n) is 2.78. The van der Waals surface area contributed by atoms with Gasteiger partial charge in [-0.05, 0) is 30.3 Å². The minimum atomic E-state index is -0.457. The van der Waals surface area contributed by atoms with Gasteiger partial charge in [0.15, 0.2) is 12.0 Å². The predicted octanol–water partition coefficient (Wildman–Crippen LogP) is 4.32. The van der Waals surface area contributed by atoms with Crippen molar-refractivity contribution in [1.29, 1.82) is 0 Å². The summed E-state index contributed by atoms with van der Waals surface area (Å²) in [5, 5.41) is 6.80. The molecule has 2 aromatic carbocycles. The van der Waals surface area contributed by atoms with Crippen LogP contribution in [0.15, 0.2) is 59.5 Å². The molecule has 3 rings (SSSR count). The number of carbonyl (C=O) groups excluding carboxylic acids is 2. The third-order valence-electron chi connectivity index (χ3n) is 4.33. The molecule has 0 saturated carbocycles. The molecule has 0 spiro atoms. The van der Waals surface area contributed by atoms with Gasteiger partial charge in [-0.25, -0.2) is 0 Å². The van der Waals surface area contributed by atoms with Crippen LogP contribution < -0.4 is 20.8 Å². The number of hydrogen-bond donors (Lipinski definition) is 3. The second kappa shape index (κ2) is 10.5. The highest BCUT2D eigenvalue weighted by Gasteiger charge is 2.11. The van der Waals surface area contributed by atoms with Gasteiger partial charge >= 0.3 is 0 Å². The number of H-pyrrole nitrogens is 1. The highest BCUT2D eigenvalue weighted by molar-refractivity contribution is 6.42. The average molecular weight is 495 g/mol. The molecule has 0 aliphatic rings. The van der Waals surface area contributed by atoms with E-state index in [1.54, 1.807) is 24.3 Å². The van der Waals surface area contributed by atoms with Crippen molar-refractivity contribution in [2.24, 2.45) is 0 Å². The van der Waals surface area contributed by atoms with Gasteiger partial charge < -0.3 is 20.4 Å². The van der Waals surface area contributed by atoms with Crippen LogP contribution in [0.25, 0.3) is 10.9 Å². The summed E-state index contributed by atoms with van der Waals surface area (Å²) in [7, 11) is 0. The molecule has 3 N–H and O–H groups in total. The van der Waals surface area contributed by atoms with Crippen molar-refractivity contribution in [3.8, 4) is 5.75 Å². The Balaban J connectivity index is 1.46. The van der Waals surface area contributed by atoms with Crippen LogP contribution in [0.1, 0.15) is 16.9 Å². The topological polar surface area (TPSA) is 100 Å². The molecule has 32 heavy (non-hydrogen) atoms. The van der Waals surface area contributed by atoms with E-state index in [0.29, 0.717) is 37.4 Å². The summed E-state index contributed by atoms with van der Waals surface area (Å²) in [6.07, 6.45) is 0.289. The van der Waals surface area contributed by atoms with E-state index in [4.69, 9.17) is 39.5 Å². The summed E-state index contributed by atoms with van der Waals surface area (Å²) in [5.74, 6) is -0.468. The number of carbonyl (C=O) groups is 2. The molecular weight excluding hydrogens is 477 g/mol. The van der Waals surface area contributed by atoms with Crippen LogP contribution in [0.4, 0.5) is 0 Å². The highest BCUT2D eigenvalue weighted by Crippen LogP contribution is 2.26. The number of nitrogens with one attached hydrogen (secondary N) is 3. The minimum absolute atomic E-state index is 0.120. The van der Waals surface area contributed by atoms with Gasteiger partial charge in [0, 0.05) is 46.7 Å². The zero-order valence-corrected chi connectivity index (χ0v) is 18.9. The highest BCUT2D eigenvalue weighted by atomic mass is 35.5. The van der Waals surface area contributed by atoms with Gasteiger partial charge in [0.25, 0.3) is 11.8 Å². The number of fused-ring (bicyclic) bond motifs is 1. The standard InChI is InChI=1S/C22H18Cl3N3O4/c1-12(27-21(30)11-32-14-3-4-16(24)17(25)9-14)6-7-26-22(31)19-10-20(29)15-8-13(23)2-5-18(15)28-19/h2-5,8-10H,1,6-7,11H2,(H,26,31)(H,27,30)(H,28,29). The third-order valence-corrected chi connectivity index (χ3v) is 5.30. The fourth-order valence-corrected chi connectivity index (χ4v) is 3.24. The number of rotatable bonds is 8. The lowest BCUT2D eigenvalue weighted by atomic mass is 10.2. The van der Waals surface area contributed by atoms with E-state index in [-0.39, 0.29) is 30.7 Å². The van der Waals surface area contributed by atoms with E-state index >= 15 is 0 Å². The number of benzene rings is 2. The first-order chi connectivity index (χ1) is 15.2. The molecule has 10 heteroatoms. The number of aromatic amines is 1. The Morgan fingerprint density at radius 1 is 1.03 bits per heavy atom. The van der Waals surface area contributed by atoms with Crippen LogP contribution in [0.3, 0.4) is 0 Å². The fraction of sp³-hybridized carbons (Fsp3) is 0.136. The molecule has 0 saturated heterocycles. The summed E-state index contributed by atoms with van der Waals surface area (Å²) in [6.45, 7) is 3.72. The number of hydrogen-bond acceptors (Lipinski definition) is 4. The van der Waals surface area contributed by atoms with Crippen molar-refractivity contribution < 1.29 is 14.3 Å². The van der Waals surface area contributed by atoms with Crippen molar-refractivity contribution >= 4 is 57.5 Å². The van der Waals surface area contributed by atoms with Gasteiger partial charge in [-0.3, -0.25) is 14.4 Å². The number of halogens is 3. The molecule has 0 bridgehead atoms. The Kier molecular flexibility index (Phi) is 7.80. The first-order valence-corrected chi connectivity index (χ1v) is 10.5. The predicted molar refractivity (Wildman–Crippen MR) is 126 cm³/mol. The second-order valence-corrected chi connectivity index (χ2v) is 8.01. The van der Waals surface area contributed by atoms with E-state index in [0.717, 1.165) is 0 Å². The second-order valence-electron chi connectivity index (χ2n) is 6.76. The van der Waals surface area contributed by atoms with E-state index < -0.39 is 11.8 Å². The van der Waals surface area contributed by atoms with E-state index in [9.17, 15) is 14.4 Å². The lowest BCUT2D eigenvalue weighted by molar-refractivity contribution is -0.122. The monoisotopic (exact) mass is 493 g/mol. The zero-order chi connectivity index (χ0) is 23.3. The van der Waals surface area contributed by atoms with Crippen LogP contribution in [-0.4, -0.2) is 29.9 Å². The van der Waals surface area contributed by atoms with Crippen LogP contribution >= 0.6 is 34.8 Å². The number of aromatic nitrogens is 1. The van der Waals surface area contributed by atoms with Crippen LogP contribution in [0, 0.1) is 0 Å². The van der Waals surface area contributed by atoms with Gasteiger partial charge in [-0.2, -0.15) is 0 Å². The Labute approximate surface area is 198 Å². The largest absolute Gasteiger partial charge is 0.484 e. The maximum atomic E-state index is 12.4. The summed E-state index contributed by atoms with van der Waals surface area (Å²) in [6, 6.07) is 10.7. The molecule has 0 fully saturated rings. The first kappa shape index (κ1) is 23.7. The van der Waals surface area contributed by atoms with Crippen molar-refractivity contribution in [2.75, 3.05) is 13.2 Å². The maximum Gasteiger partial charge on any atom is 0.267 e.